The van der Waals surface area contributed by atoms with E-state index in [0.29, 0.717) is 29.4 Å². The monoisotopic (exact) mass is 442 g/mol. The van der Waals surface area contributed by atoms with Crippen molar-refractivity contribution in [2.45, 2.75) is 44.1 Å². The summed E-state index contributed by atoms with van der Waals surface area (Å²) in [5, 5.41) is 13.2. The maximum absolute atomic E-state index is 12.8. The van der Waals surface area contributed by atoms with E-state index in [1.165, 1.54) is 25.7 Å². The van der Waals surface area contributed by atoms with Gasteiger partial charge in [0.15, 0.2) is 11.9 Å². The fourth-order valence-electron chi connectivity index (χ4n) is 5.69. The normalized spacial score (nSPS) is 24.8. The van der Waals surface area contributed by atoms with Gasteiger partial charge in [-0.1, -0.05) is 30.7 Å². The first-order valence-corrected chi connectivity index (χ1v) is 11.6. The fourth-order valence-corrected chi connectivity index (χ4v) is 5.69. The first kappa shape index (κ1) is 20.0. The first-order chi connectivity index (χ1) is 16.1. The van der Waals surface area contributed by atoms with E-state index < -0.39 is 6.10 Å². The summed E-state index contributed by atoms with van der Waals surface area (Å²) in [5.74, 6) is 2.91. The molecule has 33 heavy (non-hydrogen) atoms. The number of hydrogen-bond acceptors (Lipinski definition) is 4. The lowest BCUT2D eigenvalue weighted by atomic mass is 9.86. The van der Waals surface area contributed by atoms with Gasteiger partial charge < -0.3 is 15.4 Å². The van der Waals surface area contributed by atoms with Gasteiger partial charge in [-0.2, -0.15) is 5.10 Å². The molecule has 0 radical (unpaired) electrons. The quantitative estimate of drug-likeness (QED) is 0.542. The molecule has 2 aliphatic carbocycles. The molecule has 4 unspecified atom stereocenters. The van der Waals surface area contributed by atoms with E-state index in [9.17, 15) is 9.59 Å². The van der Waals surface area contributed by atoms with Gasteiger partial charge in [0.25, 0.3) is 11.8 Å². The zero-order chi connectivity index (χ0) is 22.4. The van der Waals surface area contributed by atoms with E-state index in [2.05, 4.69) is 20.8 Å². The second-order valence-electron chi connectivity index (χ2n) is 9.43. The molecule has 0 saturated heterocycles. The zero-order valence-electron chi connectivity index (χ0n) is 18.2. The molecule has 6 rings (SSSR count). The molecule has 2 amide bonds. The van der Waals surface area contributed by atoms with Crippen LogP contribution in [-0.2, 0) is 11.2 Å². The number of rotatable bonds is 5. The van der Waals surface area contributed by atoms with Crippen molar-refractivity contribution < 1.29 is 14.3 Å². The number of benzene rings is 2. The Morgan fingerprint density at radius 2 is 1.91 bits per heavy atom. The van der Waals surface area contributed by atoms with Crippen molar-refractivity contribution in [2.75, 3.05) is 10.6 Å². The number of anilines is 2. The van der Waals surface area contributed by atoms with Crippen LogP contribution in [-0.4, -0.2) is 28.1 Å². The van der Waals surface area contributed by atoms with Crippen LogP contribution in [0.4, 0.5) is 11.5 Å². The number of hydrogen-bond donors (Lipinski definition) is 3. The average molecular weight is 443 g/mol. The van der Waals surface area contributed by atoms with Crippen LogP contribution >= 0.6 is 0 Å². The molecule has 2 aromatic carbocycles. The number of para-hydroxylation sites is 1. The molecule has 3 aliphatic rings. The third kappa shape index (κ3) is 3.88. The Morgan fingerprint density at radius 1 is 1.00 bits per heavy atom. The van der Waals surface area contributed by atoms with E-state index in [0.717, 1.165) is 28.8 Å². The molecular formula is C26H26N4O3. The number of aromatic nitrogens is 2. The maximum Gasteiger partial charge on any atom is 0.265 e. The van der Waals surface area contributed by atoms with Gasteiger partial charge in [0.2, 0.25) is 0 Å². The van der Waals surface area contributed by atoms with Crippen LogP contribution in [0.1, 0.15) is 53.2 Å². The highest BCUT2D eigenvalue weighted by Gasteiger charge is 2.41. The molecule has 2 heterocycles. The van der Waals surface area contributed by atoms with Crippen LogP contribution in [0, 0.1) is 11.8 Å². The van der Waals surface area contributed by atoms with Crippen molar-refractivity contribution in [3.63, 3.8) is 0 Å². The van der Waals surface area contributed by atoms with Gasteiger partial charge in [0, 0.05) is 35.3 Å². The summed E-state index contributed by atoms with van der Waals surface area (Å²) in [5.41, 5.74) is 3.15. The van der Waals surface area contributed by atoms with Crippen LogP contribution in [0.5, 0.6) is 5.75 Å². The standard InChI is InChI=1S/C26H26N4O3/c31-25(28-24-14-21(29-30-24)20-11-15-8-9-16(20)10-15)18-5-3-6-19(12-18)27-26(32)23-13-17-4-1-2-7-22(17)33-23/h1-7,12,14-16,20,23H,8-11,13H2,(H,27,32)(H2,28,29,30,31). The van der Waals surface area contributed by atoms with Gasteiger partial charge in [0.1, 0.15) is 5.75 Å². The van der Waals surface area contributed by atoms with Crippen LogP contribution < -0.4 is 15.4 Å². The largest absolute Gasteiger partial charge is 0.480 e. The van der Waals surface area contributed by atoms with E-state index in [-0.39, 0.29) is 11.8 Å². The molecular weight excluding hydrogens is 416 g/mol. The molecule has 2 bridgehead atoms. The van der Waals surface area contributed by atoms with Gasteiger partial charge in [-0.05, 0) is 60.9 Å². The van der Waals surface area contributed by atoms with E-state index in [4.69, 9.17) is 4.74 Å². The Bertz CT molecular complexity index is 1190. The van der Waals surface area contributed by atoms with Gasteiger partial charge >= 0.3 is 0 Å². The second-order valence-corrected chi connectivity index (χ2v) is 9.43. The fraction of sp³-hybridized carbons (Fsp3) is 0.346. The molecule has 2 fully saturated rings. The SMILES string of the molecule is O=C(Nc1cc(C2CC3CCC2C3)[nH]n1)c1cccc(NC(=O)C2Cc3ccccc3O2)c1. The van der Waals surface area contributed by atoms with Crippen molar-refractivity contribution in [3.8, 4) is 5.75 Å². The highest BCUT2D eigenvalue weighted by Crippen LogP contribution is 2.52. The number of fused-ring (bicyclic) bond motifs is 3. The zero-order valence-corrected chi connectivity index (χ0v) is 18.2. The molecule has 7 heteroatoms. The van der Waals surface area contributed by atoms with Crippen LogP contribution in [0.15, 0.2) is 54.6 Å². The summed E-state index contributed by atoms with van der Waals surface area (Å²) >= 11 is 0. The molecule has 7 nitrogen and oxygen atoms in total. The minimum absolute atomic E-state index is 0.230. The van der Waals surface area contributed by atoms with Crippen LogP contribution in [0.3, 0.4) is 0 Å². The molecule has 1 aliphatic heterocycles. The lowest BCUT2D eigenvalue weighted by Crippen LogP contribution is -2.31. The summed E-state index contributed by atoms with van der Waals surface area (Å²) in [7, 11) is 0. The van der Waals surface area contributed by atoms with E-state index in [1.807, 2.05) is 30.3 Å². The predicted octanol–water partition coefficient (Wildman–Crippen LogP) is 4.51. The Hall–Kier alpha value is -3.61. The summed E-state index contributed by atoms with van der Waals surface area (Å²) < 4.78 is 5.76. The van der Waals surface area contributed by atoms with Crippen LogP contribution in [0.2, 0.25) is 0 Å². The Labute approximate surface area is 191 Å². The molecule has 3 N–H and O–H groups in total. The first-order valence-electron chi connectivity index (χ1n) is 11.6. The van der Waals surface area contributed by atoms with Crippen molar-refractivity contribution in [1.29, 1.82) is 0 Å². The Kier molecular flexibility index (Phi) is 4.89. The van der Waals surface area contributed by atoms with Crippen LogP contribution in [0.25, 0.3) is 0 Å². The summed E-state index contributed by atoms with van der Waals surface area (Å²) in [4.78, 5) is 25.5. The minimum Gasteiger partial charge on any atom is -0.480 e. The van der Waals surface area contributed by atoms with Crippen molar-refractivity contribution in [3.05, 3.63) is 71.4 Å². The number of nitrogens with one attached hydrogen (secondary N) is 3. The lowest BCUT2D eigenvalue weighted by molar-refractivity contribution is -0.122. The van der Waals surface area contributed by atoms with Gasteiger partial charge in [-0.3, -0.25) is 14.7 Å². The lowest BCUT2D eigenvalue weighted by Gasteiger charge is -2.19. The molecule has 2 saturated carbocycles. The second kappa shape index (κ2) is 8.06. The third-order valence-electron chi connectivity index (χ3n) is 7.31. The van der Waals surface area contributed by atoms with E-state index >= 15 is 0 Å². The summed E-state index contributed by atoms with van der Waals surface area (Å²) in [6.45, 7) is 0. The molecule has 1 aromatic heterocycles. The number of aromatic amines is 1. The average Bonchev–Trinajstić information content (AvgIpc) is 3.62. The van der Waals surface area contributed by atoms with Crippen molar-refractivity contribution in [1.82, 2.24) is 10.2 Å². The summed E-state index contributed by atoms with van der Waals surface area (Å²) in [6, 6.07) is 16.5. The third-order valence-corrected chi connectivity index (χ3v) is 7.31. The summed E-state index contributed by atoms with van der Waals surface area (Å²) in [6.07, 6.45) is 5.15. The minimum atomic E-state index is -0.576. The van der Waals surface area contributed by atoms with Gasteiger partial charge in [-0.15, -0.1) is 0 Å². The van der Waals surface area contributed by atoms with Crippen molar-refractivity contribution >= 4 is 23.3 Å². The number of carbonyl (C=O) groups is 2. The predicted molar refractivity (Wildman–Crippen MR) is 124 cm³/mol. The van der Waals surface area contributed by atoms with E-state index in [1.54, 1.807) is 24.3 Å². The highest BCUT2D eigenvalue weighted by molar-refractivity contribution is 6.05. The molecule has 3 aromatic rings. The number of nitrogens with zero attached hydrogens (tertiary/aromatic N) is 1. The Balaban J connectivity index is 1.09. The molecule has 168 valence electrons. The number of carbonyl (C=O) groups excluding carboxylic acids is 2. The van der Waals surface area contributed by atoms with Crippen molar-refractivity contribution in [2.24, 2.45) is 11.8 Å². The number of amides is 2. The highest BCUT2D eigenvalue weighted by atomic mass is 16.5. The topological polar surface area (TPSA) is 96.1 Å². The molecule has 0 spiro atoms. The number of H-pyrrole nitrogens is 1. The van der Waals surface area contributed by atoms with Gasteiger partial charge in [0.05, 0.1) is 0 Å². The maximum atomic E-state index is 12.8. The smallest absolute Gasteiger partial charge is 0.265 e. The number of ether oxygens (including phenoxy) is 1. The van der Waals surface area contributed by atoms with Gasteiger partial charge in [-0.25, -0.2) is 0 Å². The Morgan fingerprint density at radius 3 is 2.73 bits per heavy atom. The molecule has 4 atom stereocenters.